The lowest BCUT2D eigenvalue weighted by Crippen LogP contribution is -2.48. The molecule has 0 radical (unpaired) electrons. The highest BCUT2D eigenvalue weighted by molar-refractivity contribution is 5.83. The summed E-state index contributed by atoms with van der Waals surface area (Å²) in [6.45, 7) is 0.763. The Bertz CT molecular complexity index is 326. The quantitative estimate of drug-likeness (QED) is 0.660. The van der Waals surface area contributed by atoms with Gasteiger partial charge < -0.3 is 15.7 Å². The van der Waals surface area contributed by atoms with E-state index >= 15 is 0 Å². The van der Waals surface area contributed by atoms with Crippen molar-refractivity contribution in [2.75, 3.05) is 13.1 Å². The first-order valence-corrected chi connectivity index (χ1v) is 7.36. The normalized spacial score (nSPS) is 27.2. The van der Waals surface area contributed by atoms with Gasteiger partial charge in [-0.2, -0.15) is 0 Å². The highest BCUT2D eigenvalue weighted by atomic mass is 16.3. The molecule has 2 fully saturated rings. The molecular formula is C14H24N2O3. The maximum absolute atomic E-state index is 12.0. The third-order valence-corrected chi connectivity index (χ3v) is 4.26. The van der Waals surface area contributed by atoms with Gasteiger partial charge in [0, 0.05) is 19.5 Å². The number of aliphatic hydroxyl groups is 1. The highest BCUT2D eigenvalue weighted by Gasteiger charge is 2.30. The summed E-state index contributed by atoms with van der Waals surface area (Å²) in [6, 6.07) is 0. The summed E-state index contributed by atoms with van der Waals surface area (Å²) in [5.41, 5.74) is -0.732. The molecule has 1 aliphatic carbocycles. The minimum Gasteiger partial charge on any atom is -0.388 e. The fraction of sp³-hybridized carbons (Fsp3) is 0.857. The topological polar surface area (TPSA) is 78.4 Å². The molecular weight excluding hydrogens is 244 g/mol. The Morgan fingerprint density at radius 3 is 2.58 bits per heavy atom. The molecule has 0 spiro atoms. The first kappa shape index (κ1) is 14.3. The van der Waals surface area contributed by atoms with Gasteiger partial charge in [-0.25, -0.2) is 0 Å². The summed E-state index contributed by atoms with van der Waals surface area (Å²) in [5.74, 6) is -0.170. The van der Waals surface area contributed by atoms with E-state index in [1.807, 2.05) is 0 Å². The molecule has 1 saturated heterocycles. The lowest BCUT2D eigenvalue weighted by molar-refractivity contribution is -0.129. The number of rotatable bonds is 3. The largest absolute Gasteiger partial charge is 0.388 e. The summed E-state index contributed by atoms with van der Waals surface area (Å²) in [5, 5.41) is 16.0. The number of hydrogen-bond donors (Lipinski definition) is 3. The third kappa shape index (κ3) is 4.20. The van der Waals surface area contributed by atoms with Gasteiger partial charge in [-0.1, -0.05) is 25.7 Å². The fourth-order valence-corrected chi connectivity index (χ4v) is 2.92. The molecule has 0 aromatic carbocycles. The Balaban J connectivity index is 1.77. The Kier molecular flexibility index (Phi) is 4.80. The van der Waals surface area contributed by atoms with Crippen LogP contribution in [0.4, 0.5) is 0 Å². The molecule has 1 heterocycles. The Labute approximate surface area is 114 Å². The van der Waals surface area contributed by atoms with Gasteiger partial charge in [-0.3, -0.25) is 9.59 Å². The van der Waals surface area contributed by atoms with Crippen LogP contribution < -0.4 is 10.6 Å². The summed E-state index contributed by atoms with van der Waals surface area (Å²) < 4.78 is 0. The molecule has 2 rings (SSSR count). The second-order valence-electron chi connectivity index (χ2n) is 5.90. The van der Waals surface area contributed by atoms with Crippen molar-refractivity contribution in [3.05, 3.63) is 0 Å². The van der Waals surface area contributed by atoms with Crippen molar-refractivity contribution in [3.8, 4) is 0 Å². The first-order chi connectivity index (χ1) is 9.09. The van der Waals surface area contributed by atoms with Crippen LogP contribution in [0.15, 0.2) is 0 Å². The molecule has 0 aromatic heterocycles. The number of piperidine rings is 1. The maximum atomic E-state index is 12.0. The van der Waals surface area contributed by atoms with E-state index in [1.54, 1.807) is 0 Å². The summed E-state index contributed by atoms with van der Waals surface area (Å²) >= 11 is 0. The molecule has 19 heavy (non-hydrogen) atoms. The van der Waals surface area contributed by atoms with Gasteiger partial charge in [0.1, 0.15) is 0 Å². The summed E-state index contributed by atoms with van der Waals surface area (Å²) in [6.07, 6.45) is 6.98. The van der Waals surface area contributed by atoms with Gasteiger partial charge >= 0.3 is 0 Å². The lowest BCUT2D eigenvalue weighted by Gasteiger charge is -2.28. The number of nitrogens with one attached hydrogen (secondary N) is 2. The summed E-state index contributed by atoms with van der Waals surface area (Å²) in [4.78, 5) is 23.0. The SMILES string of the molecule is O=C1CCC(C(=O)NCC2(O)CCCCCC2)CN1. The number of carbonyl (C=O) groups excluding carboxylic acids is 2. The van der Waals surface area contributed by atoms with Crippen molar-refractivity contribution in [2.24, 2.45) is 5.92 Å². The molecule has 1 aliphatic heterocycles. The van der Waals surface area contributed by atoms with Crippen LogP contribution in [0.1, 0.15) is 51.4 Å². The third-order valence-electron chi connectivity index (χ3n) is 4.26. The zero-order chi connectivity index (χ0) is 13.7. The van der Waals surface area contributed by atoms with Crippen molar-refractivity contribution in [2.45, 2.75) is 57.0 Å². The molecule has 1 unspecified atom stereocenters. The average Bonchev–Trinajstić information content (AvgIpc) is 2.62. The predicted molar refractivity (Wildman–Crippen MR) is 71.4 cm³/mol. The van der Waals surface area contributed by atoms with Gasteiger partial charge in [0.05, 0.1) is 11.5 Å². The standard InChI is InChI=1S/C14H24N2O3/c17-12-6-5-11(9-15-12)13(18)16-10-14(19)7-3-1-2-4-8-14/h11,19H,1-10H2,(H,15,17)(H,16,18). The number of carbonyl (C=O) groups is 2. The van der Waals surface area contributed by atoms with E-state index in [2.05, 4.69) is 10.6 Å². The Morgan fingerprint density at radius 2 is 2.00 bits per heavy atom. The van der Waals surface area contributed by atoms with Crippen LogP contribution in [-0.2, 0) is 9.59 Å². The average molecular weight is 268 g/mol. The van der Waals surface area contributed by atoms with Gasteiger partial charge in [-0.05, 0) is 19.3 Å². The minimum atomic E-state index is -0.732. The molecule has 5 heteroatoms. The van der Waals surface area contributed by atoms with E-state index in [1.165, 1.54) is 12.8 Å². The molecule has 0 bridgehead atoms. The van der Waals surface area contributed by atoms with Gasteiger partial charge in [0.25, 0.3) is 0 Å². The van der Waals surface area contributed by atoms with Crippen LogP contribution >= 0.6 is 0 Å². The maximum Gasteiger partial charge on any atom is 0.225 e. The first-order valence-electron chi connectivity index (χ1n) is 7.36. The molecule has 2 aliphatic rings. The van der Waals surface area contributed by atoms with Crippen LogP contribution in [0, 0.1) is 5.92 Å². The van der Waals surface area contributed by atoms with Crippen LogP contribution in [0.25, 0.3) is 0 Å². The monoisotopic (exact) mass is 268 g/mol. The molecule has 5 nitrogen and oxygen atoms in total. The molecule has 2 amide bonds. The van der Waals surface area contributed by atoms with Crippen molar-refractivity contribution >= 4 is 11.8 Å². The van der Waals surface area contributed by atoms with Gasteiger partial charge in [-0.15, -0.1) is 0 Å². The van der Waals surface area contributed by atoms with E-state index in [-0.39, 0.29) is 17.7 Å². The van der Waals surface area contributed by atoms with Crippen LogP contribution in [0.5, 0.6) is 0 Å². The second-order valence-corrected chi connectivity index (χ2v) is 5.90. The van der Waals surface area contributed by atoms with Gasteiger partial charge in [0.15, 0.2) is 0 Å². The van der Waals surface area contributed by atoms with Crippen molar-refractivity contribution < 1.29 is 14.7 Å². The van der Waals surface area contributed by atoms with E-state index in [4.69, 9.17) is 0 Å². The van der Waals surface area contributed by atoms with E-state index < -0.39 is 5.60 Å². The van der Waals surface area contributed by atoms with Crippen molar-refractivity contribution in [3.63, 3.8) is 0 Å². The minimum absolute atomic E-state index is 0.0199. The summed E-state index contributed by atoms with van der Waals surface area (Å²) in [7, 11) is 0. The van der Waals surface area contributed by atoms with E-state index in [9.17, 15) is 14.7 Å². The van der Waals surface area contributed by atoms with E-state index in [0.717, 1.165) is 25.7 Å². The molecule has 1 atom stereocenters. The second kappa shape index (κ2) is 6.37. The van der Waals surface area contributed by atoms with Crippen LogP contribution in [-0.4, -0.2) is 35.6 Å². The zero-order valence-corrected chi connectivity index (χ0v) is 11.4. The molecule has 1 saturated carbocycles. The molecule has 3 N–H and O–H groups in total. The molecule has 0 aromatic rings. The van der Waals surface area contributed by atoms with Crippen LogP contribution in [0.2, 0.25) is 0 Å². The number of amides is 2. The zero-order valence-electron chi connectivity index (χ0n) is 11.4. The predicted octanol–water partition coefficient (Wildman–Crippen LogP) is 0.714. The van der Waals surface area contributed by atoms with Crippen LogP contribution in [0.3, 0.4) is 0 Å². The van der Waals surface area contributed by atoms with Gasteiger partial charge in [0.2, 0.25) is 11.8 Å². The smallest absolute Gasteiger partial charge is 0.225 e. The lowest BCUT2D eigenvalue weighted by atomic mass is 9.93. The van der Waals surface area contributed by atoms with Crippen molar-refractivity contribution in [1.82, 2.24) is 10.6 Å². The fourth-order valence-electron chi connectivity index (χ4n) is 2.92. The van der Waals surface area contributed by atoms with E-state index in [0.29, 0.717) is 25.9 Å². The molecule has 108 valence electrons. The van der Waals surface area contributed by atoms with Crippen molar-refractivity contribution in [1.29, 1.82) is 0 Å². The highest BCUT2D eigenvalue weighted by Crippen LogP contribution is 2.26. The number of hydrogen-bond acceptors (Lipinski definition) is 3. The Hall–Kier alpha value is -1.10. The Morgan fingerprint density at radius 1 is 1.32 bits per heavy atom.